The number of alkyl halides is 3. The predicted molar refractivity (Wildman–Crippen MR) is 31.9 cm³/mol. The van der Waals surface area contributed by atoms with Gasteiger partial charge >= 0.3 is 64.4 Å². The first-order valence-corrected chi connectivity index (χ1v) is 2.89. The van der Waals surface area contributed by atoms with E-state index in [-0.39, 0.29) is 58.2 Å². The fourth-order valence-electron chi connectivity index (χ4n) is 0.675. The van der Waals surface area contributed by atoms with Gasteiger partial charge in [0.15, 0.2) is 0 Å². The first kappa shape index (κ1) is 13.5. The van der Waals surface area contributed by atoms with Gasteiger partial charge in [0.25, 0.3) is 0 Å². The van der Waals surface area contributed by atoms with Crippen molar-refractivity contribution < 1.29 is 80.9 Å². The van der Waals surface area contributed by atoms with Crippen LogP contribution in [-0.2, 0) is 6.18 Å². The summed E-state index contributed by atoms with van der Waals surface area (Å²) >= 11 is 0. The Bertz CT molecular complexity index is 297. The zero-order valence-corrected chi connectivity index (χ0v) is 11.5. The molecular formula is C7H3F4ORb. The van der Waals surface area contributed by atoms with E-state index in [1.165, 1.54) is 0 Å². The number of hydrogen-bond donors (Lipinski definition) is 1. The van der Waals surface area contributed by atoms with Crippen molar-refractivity contribution in [3.05, 3.63) is 29.6 Å². The Morgan fingerprint density at radius 3 is 2.23 bits per heavy atom. The van der Waals surface area contributed by atoms with E-state index in [0.29, 0.717) is 0 Å². The summed E-state index contributed by atoms with van der Waals surface area (Å²) in [6.07, 6.45) is -4.82. The Labute approximate surface area is 121 Å². The van der Waals surface area contributed by atoms with Crippen molar-refractivity contribution in [2.24, 2.45) is 0 Å². The van der Waals surface area contributed by atoms with Gasteiger partial charge < -0.3 is 5.11 Å². The standard InChI is InChI=1S/C7H3F4O.Rb/c8-6-4(7(9,10)11)2-1-3-5(6)12;/h1,3,12H;/q-1;+1. The van der Waals surface area contributed by atoms with Crippen LogP contribution in [0.1, 0.15) is 5.56 Å². The third kappa shape index (κ3) is 3.30. The predicted octanol–water partition coefficient (Wildman–Crippen LogP) is -0.646. The van der Waals surface area contributed by atoms with E-state index in [2.05, 4.69) is 0 Å². The second-order valence-corrected chi connectivity index (χ2v) is 2.05. The average molecular weight is 265 g/mol. The number of hydrogen-bond acceptors (Lipinski definition) is 1. The van der Waals surface area contributed by atoms with Crippen LogP contribution in [0, 0.1) is 11.9 Å². The van der Waals surface area contributed by atoms with Crippen molar-refractivity contribution >= 4 is 0 Å². The first-order chi connectivity index (χ1) is 5.43. The summed E-state index contributed by atoms with van der Waals surface area (Å²) in [5, 5.41) is 8.57. The van der Waals surface area contributed by atoms with Gasteiger partial charge in [0.05, 0.1) is 5.82 Å². The van der Waals surface area contributed by atoms with Crippen LogP contribution < -0.4 is 58.2 Å². The normalized spacial score (nSPS) is 10.8. The van der Waals surface area contributed by atoms with Crippen molar-refractivity contribution in [2.45, 2.75) is 6.18 Å². The molecule has 0 fully saturated rings. The van der Waals surface area contributed by atoms with Crippen molar-refractivity contribution in [1.82, 2.24) is 0 Å². The number of rotatable bonds is 0. The van der Waals surface area contributed by atoms with Crippen molar-refractivity contribution in [3.63, 3.8) is 0 Å². The summed E-state index contributed by atoms with van der Waals surface area (Å²) in [5.41, 5.74) is -1.58. The van der Waals surface area contributed by atoms with Gasteiger partial charge in [0, 0.05) is 5.75 Å². The molecule has 0 unspecified atom stereocenters. The second kappa shape index (κ2) is 4.86. The van der Waals surface area contributed by atoms with E-state index >= 15 is 0 Å². The summed E-state index contributed by atoms with van der Waals surface area (Å²) < 4.78 is 48.0. The molecule has 13 heavy (non-hydrogen) atoms. The largest absolute Gasteiger partial charge is 1.00 e. The molecule has 0 heterocycles. The molecule has 0 spiro atoms. The maximum absolute atomic E-state index is 12.5. The van der Waals surface area contributed by atoms with Crippen LogP contribution in [0.25, 0.3) is 0 Å². The van der Waals surface area contributed by atoms with Crippen LogP contribution in [0.2, 0.25) is 0 Å². The Kier molecular flexibility index (Phi) is 5.07. The van der Waals surface area contributed by atoms with Gasteiger partial charge in [0.2, 0.25) is 0 Å². The average Bonchev–Trinajstić information content (AvgIpc) is 1.92. The molecular weight excluding hydrogens is 262 g/mol. The van der Waals surface area contributed by atoms with Crippen molar-refractivity contribution in [1.29, 1.82) is 0 Å². The molecule has 0 amide bonds. The van der Waals surface area contributed by atoms with Crippen LogP contribution in [-0.4, -0.2) is 5.11 Å². The minimum atomic E-state index is -4.82. The molecule has 0 aromatic heterocycles. The fraction of sp³-hybridized carbons (Fsp3) is 0.143. The monoisotopic (exact) mass is 264 g/mol. The molecule has 0 radical (unpaired) electrons. The summed E-state index contributed by atoms with van der Waals surface area (Å²) in [4.78, 5) is 0. The molecule has 1 aromatic carbocycles. The van der Waals surface area contributed by atoms with E-state index < -0.39 is 23.3 Å². The van der Waals surface area contributed by atoms with Crippen LogP contribution >= 0.6 is 0 Å². The topological polar surface area (TPSA) is 20.2 Å². The number of benzene rings is 1. The van der Waals surface area contributed by atoms with Crippen molar-refractivity contribution in [2.75, 3.05) is 0 Å². The SMILES string of the molecule is Oc1cc[c-]c(C(F)(F)F)c1F.[Rb+]. The summed E-state index contributed by atoms with van der Waals surface area (Å²) in [7, 11) is 0. The molecule has 0 aliphatic carbocycles. The van der Waals surface area contributed by atoms with Gasteiger partial charge in [-0.1, -0.05) is 0 Å². The molecule has 0 bridgehead atoms. The second-order valence-electron chi connectivity index (χ2n) is 2.05. The maximum Gasteiger partial charge on any atom is 1.00 e. The fourth-order valence-corrected chi connectivity index (χ4v) is 0.675. The zero-order valence-electron chi connectivity index (χ0n) is 6.61. The smallest absolute Gasteiger partial charge is 0.531 e. The van der Waals surface area contributed by atoms with Crippen LogP contribution in [0.15, 0.2) is 12.1 Å². The minimum absolute atomic E-state index is 0. The van der Waals surface area contributed by atoms with Gasteiger partial charge in [-0.15, -0.1) is 6.07 Å². The first-order valence-electron chi connectivity index (χ1n) is 2.89. The number of phenolic OH excluding ortho intramolecular Hbond substituents is 1. The minimum Gasteiger partial charge on any atom is -0.531 e. The van der Waals surface area contributed by atoms with E-state index in [0.717, 1.165) is 12.1 Å². The molecule has 0 atom stereocenters. The Morgan fingerprint density at radius 2 is 1.85 bits per heavy atom. The van der Waals surface area contributed by atoms with Gasteiger partial charge in [-0.2, -0.15) is 25.3 Å². The van der Waals surface area contributed by atoms with Gasteiger partial charge in [-0.25, -0.2) is 0 Å². The number of phenols is 1. The maximum atomic E-state index is 12.5. The zero-order chi connectivity index (χ0) is 9.35. The summed E-state index contributed by atoms with van der Waals surface area (Å²) in [6.45, 7) is 0. The van der Waals surface area contributed by atoms with Crippen LogP contribution in [0.5, 0.6) is 5.75 Å². The van der Waals surface area contributed by atoms with Crippen LogP contribution in [0.4, 0.5) is 17.6 Å². The Balaban J connectivity index is 0.00000144. The van der Waals surface area contributed by atoms with E-state index in [1.807, 2.05) is 0 Å². The molecule has 1 aromatic rings. The number of halogens is 4. The quantitative estimate of drug-likeness (QED) is 0.488. The molecule has 6 heteroatoms. The number of aromatic hydroxyl groups is 1. The van der Waals surface area contributed by atoms with E-state index in [9.17, 15) is 17.6 Å². The van der Waals surface area contributed by atoms with Gasteiger partial charge in [-0.05, 0) is 5.56 Å². The Morgan fingerprint density at radius 1 is 1.31 bits per heavy atom. The molecule has 66 valence electrons. The third-order valence-electron chi connectivity index (χ3n) is 1.20. The van der Waals surface area contributed by atoms with E-state index in [4.69, 9.17) is 5.11 Å². The third-order valence-corrected chi connectivity index (χ3v) is 1.20. The molecule has 0 aliphatic heterocycles. The molecule has 0 saturated carbocycles. The summed E-state index contributed by atoms with van der Waals surface area (Å²) in [6, 6.07) is 3.26. The van der Waals surface area contributed by atoms with Crippen LogP contribution in [0.3, 0.4) is 0 Å². The molecule has 1 nitrogen and oxygen atoms in total. The van der Waals surface area contributed by atoms with E-state index in [1.54, 1.807) is 6.07 Å². The summed E-state index contributed by atoms with van der Waals surface area (Å²) in [5.74, 6) is -2.72. The molecule has 0 saturated heterocycles. The molecule has 1 N–H and O–H groups in total. The Hall–Kier alpha value is 0.545. The van der Waals surface area contributed by atoms with Gasteiger partial charge in [-0.3, -0.25) is 4.39 Å². The molecule has 1 rings (SSSR count). The van der Waals surface area contributed by atoms with Gasteiger partial charge in [0.1, 0.15) is 0 Å². The van der Waals surface area contributed by atoms with Crippen molar-refractivity contribution in [3.8, 4) is 5.75 Å². The molecule has 0 aliphatic rings.